The third kappa shape index (κ3) is 6.54. The van der Waals surface area contributed by atoms with Crippen molar-refractivity contribution >= 4 is 53.3 Å². The van der Waals surface area contributed by atoms with Gasteiger partial charge in [-0.3, -0.25) is 9.88 Å². The van der Waals surface area contributed by atoms with E-state index in [0.29, 0.717) is 18.2 Å². The molecule has 0 unspecified atom stereocenters. The largest absolute Gasteiger partial charge is 0.444 e. The molecule has 2 aliphatic heterocycles. The van der Waals surface area contributed by atoms with Crippen LogP contribution in [0, 0.1) is 0 Å². The number of rotatable bonds is 6. The van der Waals surface area contributed by atoms with Crippen molar-refractivity contribution in [2.45, 2.75) is 110 Å². The summed E-state index contributed by atoms with van der Waals surface area (Å²) in [5.41, 5.74) is 4.28. The Hall–Kier alpha value is -2.17. The summed E-state index contributed by atoms with van der Waals surface area (Å²) in [6.07, 6.45) is 4.25. The van der Waals surface area contributed by atoms with Gasteiger partial charge in [-0.1, -0.05) is 32.4 Å². The number of thiophene rings is 1. The van der Waals surface area contributed by atoms with E-state index in [0.717, 1.165) is 52.0 Å². The van der Waals surface area contributed by atoms with Crippen molar-refractivity contribution in [3.8, 4) is 11.1 Å². The summed E-state index contributed by atoms with van der Waals surface area (Å²) in [5.74, 6) is 0. The Morgan fingerprint density at radius 2 is 1.91 bits per heavy atom. The predicted molar refractivity (Wildman–Crippen MR) is 185 cm³/mol. The van der Waals surface area contributed by atoms with Crippen LogP contribution in [-0.2, 0) is 22.2 Å². The highest BCUT2D eigenvalue weighted by Crippen LogP contribution is 2.47. The average molecular weight is 658 g/mol. The molecule has 1 fully saturated rings. The second-order valence-corrected chi connectivity index (χ2v) is 21.6. The third-order valence-corrected chi connectivity index (χ3v) is 15.4. The molecular weight excluding hydrogens is 610 g/mol. The van der Waals surface area contributed by atoms with Crippen molar-refractivity contribution in [1.29, 1.82) is 0 Å². The van der Waals surface area contributed by atoms with Gasteiger partial charge in [0.1, 0.15) is 5.60 Å². The normalized spacial score (nSPS) is 21.2. The minimum atomic E-state index is -2.07. The number of aliphatic hydroxyl groups is 1. The average Bonchev–Trinajstić information content (AvgIpc) is 3.51. The van der Waals surface area contributed by atoms with Gasteiger partial charge in [-0.05, 0) is 94.9 Å². The van der Waals surface area contributed by atoms with Crippen LogP contribution in [0.5, 0.6) is 0 Å². The lowest BCUT2D eigenvalue weighted by Crippen LogP contribution is -2.53. The topological polar surface area (TPSA) is 75.1 Å². The molecular formula is C34H48ClN3O4SSi. The summed E-state index contributed by atoms with van der Waals surface area (Å²) in [7, 11) is -2.07. The van der Waals surface area contributed by atoms with Gasteiger partial charge in [0.2, 0.25) is 0 Å². The monoisotopic (exact) mass is 657 g/mol. The Kier molecular flexibility index (Phi) is 8.96. The zero-order chi connectivity index (χ0) is 32.2. The summed E-state index contributed by atoms with van der Waals surface area (Å²) in [6.45, 7) is 21.1. The number of aromatic nitrogens is 1. The second kappa shape index (κ2) is 11.9. The van der Waals surface area contributed by atoms with E-state index in [-0.39, 0.29) is 23.8 Å². The van der Waals surface area contributed by atoms with Crippen molar-refractivity contribution in [2.75, 3.05) is 24.6 Å². The zero-order valence-corrected chi connectivity index (χ0v) is 30.3. The van der Waals surface area contributed by atoms with E-state index < -0.39 is 19.5 Å². The first-order valence-corrected chi connectivity index (χ1v) is 19.7. The van der Waals surface area contributed by atoms with E-state index in [2.05, 4.69) is 68.9 Å². The van der Waals surface area contributed by atoms with Crippen LogP contribution in [-0.4, -0.2) is 66.3 Å². The zero-order valence-electron chi connectivity index (χ0n) is 27.7. The number of anilines is 1. The number of carbonyl (C=O) groups excluding carboxylic acids is 1. The number of nitrogens with zero attached hydrogens (tertiary/aromatic N) is 3. The number of amides is 1. The Morgan fingerprint density at radius 3 is 2.57 bits per heavy atom. The van der Waals surface area contributed by atoms with E-state index >= 15 is 0 Å². The standard InChI is InChI=1S/C34H48ClN3O4SSi/c1-32(2,3)42-31(40)38-19-24(18-34(38,7)21-41-44(8,9)33(4,5)6)37-14-10-11-22-15-23(35)16-27(29(22)37)26-12-13-36-28-17-25(20-39)43-30(26)28/h12-13,15-17,24,39H,10-11,14,18-21H2,1-9H3/t24-,34+/m1/s1. The first-order chi connectivity index (χ1) is 20.4. The van der Waals surface area contributed by atoms with Crippen LogP contribution in [0.25, 0.3) is 21.3 Å². The van der Waals surface area contributed by atoms with Gasteiger partial charge in [-0.25, -0.2) is 4.79 Å². The minimum absolute atomic E-state index is 0.0155. The molecule has 0 aliphatic carbocycles. The van der Waals surface area contributed by atoms with Gasteiger partial charge < -0.3 is 19.2 Å². The molecule has 0 spiro atoms. The van der Waals surface area contributed by atoms with Crippen LogP contribution in [0.1, 0.15) is 71.7 Å². The van der Waals surface area contributed by atoms with Crippen molar-refractivity contribution in [3.63, 3.8) is 0 Å². The summed E-state index contributed by atoms with van der Waals surface area (Å²) in [6, 6.07) is 8.24. The van der Waals surface area contributed by atoms with Gasteiger partial charge in [0.25, 0.3) is 0 Å². The molecule has 3 aromatic rings. The number of pyridine rings is 1. The molecule has 0 saturated carbocycles. The van der Waals surface area contributed by atoms with Gasteiger partial charge in [0.05, 0.1) is 29.0 Å². The first kappa shape index (κ1) is 33.2. The van der Waals surface area contributed by atoms with Crippen molar-refractivity contribution in [1.82, 2.24) is 9.88 Å². The van der Waals surface area contributed by atoms with E-state index in [1.165, 1.54) is 11.3 Å². The fourth-order valence-corrected chi connectivity index (χ4v) is 8.56. The van der Waals surface area contributed by atoms with Gasteiger partial charge >= 0.3 is 6.09 Å². The number of likely N-dealkylation sites (tertiary alicyclic amines) is 1. The lowest BCUT2D eigenvalue weighted by Gasteiger charge is -2.42. The highest BCUT2D eigenvalue weighted by atomic mass is 35.5. The second-order valence-electron chi connectivity index (χ2n) is 15.2. The maximum Gasteiger partial charge on any atom is 0.410 e. The van der Waals surface area contributed by atoms with E-state index in [4.69, 9.17) is 20.8 Å². The summed E-state index contributed by atoms with van der Waals surface area (Å²) >= 11 is 8.33. The molecule has 4 heterocycles. The molecule has 44 heavy (non-hydrogen) atoms. The quantitative estimate of drug-likeness (QED) is 0.268. The summed E-state index contributed by atoms with van der Waals surface area (Å²) in [4.78, 5) is 23.7. The molecule has 2 aromatic heterocycles. The van der Waals surface area contributed by atoms with E-state index in [1.807, 2.05) is 37.9 Å². The van der Waals surface area contributed by atoms with Crippen LogP contribution in [0.15, 0.2) is 30.5 Å². The lowest BCUT2D eigenvalue weighted by molar-refractivity contribution is 0.00116. The van der Waals surface area contributed by atoms with Crippen molar-refractivity contribution in [2.24, 2.45) is 0 Å². The molecule has 0 bridgehead atoms. The Morgan fingerprint density at radius 1 is 1.18 bits per heavy atom. The van der Waals surface area contributed by atoms with Crippen LogP contribution < -0.4 is 4.90 Å². The smallest absolute Gasteiger partial charge is 0.410 e. The lowest BCUT2D eigenvalue weighted by atomic mass is 9.91. The molecule has 0 radical (unpaired) electrons. The Labute approximate surface area is 272 Å². The molecule has 1 aromatic carbocycles. The van der Waals surface area contributed by atoms with E-state index in [1.54, 1.807) is 11.3 Å². The SMILES string of the molecule is CC(C)(C)OC(=O)N1C[C@H](N2CCCc3cc(Cl)cc(-c4ccnc5cc(CO)sc45)c32)C[C@@]1(C)CO[Si](C)(C)C(C)(C)C. The van der Waals surface area contributed by atoms with Gasteiger partial charge in [0, 0.05) is 52.0 Å². The number of carbonyl (C=O) groups is 1. The summed E-state index contributed by atoms with van der Waals surface area (Å²) < 4.78 is 13.8. The number of benzene rings is 1. The number of hydrogen-bond donors (Lipinski definition) is 1. The van der Waals surface area contributed by atoms with Crippen molar-refractivity contribution in [3.05, 3.63) is 45.9 Å². The first-order valence-electron chi connectivity index (χ1n) is 15.6. The Bertz CT molecular complexity index is 1550. The number of aryl methyl sites for hydroxylation is 1. The molecule has 10 heteroatoms. The molecule has 240 valence electrons. The molecule has 7 nitrogen and oxygen atoms in total. The Balaban J connectivity index is 1.56. The molecule has 5 rings (SSSR count). The highest BCUT2D eigenvalue weighted by molar-refractivity contribution is 7.19. The minimum Gasteiger partial charge on any atom is -0.444 e. The van der Waals surface area contributed by atoms with Gasteiger partial charge in [-0.2, -0.15) is 0 Å². The third-order valence-electron chi connectivity index (χ3n) is 9.52. The van der Waals surface area contributed by atoms with Crippen LogP contribution in [0.3, 0.4) is 0 Å². The van der Waals surface area contributed by atoms with Gasteiger partial charge in [-0.15, -0.1) is 11.3 Å². The number of fused-ring (bicyclic) bond motifs is 2. The fourth-order valence-electron chi connectivity index (χ4n) is 6.21. The molecule has 1 amide bonds. The van der Waals surface area contributed by atoms with Crippen LogP contribution in [0.2, 0.25) is 23.2 Å². The maximum absolute atomic E-state index is 13.8. The van der Waals surface area contributed by atoms with Crippen LogP contribution in [0.4, 0.5) is 10.5 Å². The number of ether oxygens (including phenoxy) is 1. The maximum atomic E-state index is 13.8. The van der Waals surface area contributed by atoms with E-state index in [9.17, 15) is 9.90 Å². The highest BCUT2D eigenvalue weighted by Gasteiger charge is 2.50. The number of hydrogen-bond acceptors (Lipinski definition) is 7. The molecule has 2 atom stereocenters. The molecule has 2 aliphatic rings. The molecule has 1 saturated heterocycles. The molecule has 1 N–H and O–H groups in total. The number of aliphatic hydroxyl groups excluding tert-OH is 1. The van der Waals surface area contributed by atoms with Crippen LogP contribution >= 0.6 is 22.9 Å². The number of halogens is 1. The van der Waals surface area contributed by atoms with Crippen molar-refractivity contribution < 1.29 is 19.1 Å². The predicted octanol–water partition coefficient (Wildman–Crippen LogP) is 8.65. The van der Waals surface area contributed by atoms with Gasteiger partial charge in [0.15, 0.2) is 8.32 Å². The fraction of sp³-hybridized carbons (Fsp3) is 0.588. The summed E-state index contributed by atoms with van der Waals surface area (Å²) in [5, 5.41) is 10.6.